The van der Waals surface area contributed by atoms with Crippen molar-refractivity contribution in [3.8, 4) is 0 Å². The van der Waals surface area contributed by atoms with Crippen LogP contribution in [0.25, 0.3) is 0 Å². The van der Waals surface area contributed by atoms with Crippen molar-refractivity contribution in [3.05, 3.63) is 65.7 Å². The normalized spacial score (nSPS) is 11.6. The van der Waals surface area contributed by atoms with Crippen molar-refractivity contribution in [2.75, 3.05) is 11.9 Å². The van der Waals surface area contributed by atoms with Crippen molar-refractivity contribution in [2.45, 2.75) is 78.0 Å². The lowest BCUT2D eigenvalue weighted by atomic mass is 10.0. The molecule has 0 aliphatic rings. The molecule has 0 spiro atoms. The van der Waals surface area contributed by atoms with Gasteiger partial charge in [0.25, 0.3) is 0 Å². The summed E-state index contributed by atoms with van der Waals surface area (Å²) >= 11 is 0. The number of amides is 3. The summed E-state index contributed by atoms with van der Waals surface area (Å²) < 4.78 is 10.5. The van der Waals surface area contributed by atoms with Crippen molar-refractivity contribution in [1.29, 1.82) is 0 Å². The molecule has 0 aliphatic carbocycles. The SMILES string of the molecule is CC(=O)CCCCC(=O)Nc1ccc(C[C@H](NC(=O)OC(C)(C)C)C(=O)NCC(=O)OCc2ccccc2)cc1. The van der Waals surface area contributed by atoms with Crippen molar-refractivity contribution >= 4 is 35.3 Å². The number of unbranched alkanes of at least 4 members (excludes halogenated alkanes) is 1. The summed E-state index contributed by atoms with van der Waals surface area (Å²) in [6, 6.07) is 15.0. The smallest absolute Gasteiger partial charge is 0.408 e. The summed E-state index contributed by atoms with van der Waals surface area (Å²) in [4.78, 5) is 60.7. The molecule has 0 saturated heterocycles. The van der Waals surface area contributed by atoms with Crippen LogP contribution < -0.4 is 16.0 Å². The van der Waals surface area contributed by atoms with E-state index in [2.05, 4.69) is 16.0 Å². The summed E-state index contributed by atoms with van der Waals surface area (Å²) in [5.74, 6) is -1.24. The van der Waals surface area contributed by atoms with Crippen LogP contribution in [0.1, 0.15) is 64.5 Å². The fourth-order valence-corrected chi connectivity index (χ4v) is 3.57. The van der Waals surface area contributed by atoms with E-state index in [0.717, 1.165) is 5.56 Å². The minimum absolute atomic E-state index is 0.0798. The van der Waals surface area contributed by atoms with Gasteiger partial charge in [-0.05, 0) is 63.8 Å². The Hall–Kier alpha value is -4.21. The van der Waals surface area contributed by atoms with E-state index in [-0.39, 0.29) is 31.3 Å². The zero-order chi connectivity index (χ0) is 29.5. The molecule has 0 fully saturated rings. The van der Waals surface area contributed by atoms with Crippen LogP contribution in [0.3, 0.4) is 0 Å². The Balaban J connectivity index is 1.95. The van der Waals surface area contributed by atoms with Gasteiger partial charge in [0, 0.05) is 24.9 Å². The molecule has 0 radical (unpaired) electrons. The largest absolute Gasteiger partial charge is 0.460 e. The van der Waals surface area contributed by atoms with Crippen LogP contribution in [-0.4, -0.2) is 47.8 Å². The Labute approximate surface area is 235 Å². The van der Waals surface area contributed by atoms with Gasteiger partial charge in [-0.1, -0.05) is 42.5 Å². The number of hydrogen-bond donors (Lipinski definition) is 3. The highest BCUT2D eigenvalue weighted by Crippen LogP contribution is 2.14. The molecule has 10 heteroatoms. The molecule has 0 unspecified atom stereocenters. The van der Waals surface area contributed by atoms with Crippen molar-refractivity contribution in [2.24, 2.45) is 0 Å². The van der Waals surface area contributed by atoms with Crippen LogP contribution in [0, 0.1) is 0 Å². The molecule has 2 rings (SSSR count). The third-order valence-corrected chi connectivity index (χ3v) is 5.52. The first-order valence-electron chi connectivity index (χ1n) is 13.3. The molecular weight excluding hydrogens is 514 g/mol. The van der Waals surface area contributed by atoms with Gasteiger partial charge in [-0.15, -0.1) is 0 Å². The second-order valence-electron chi connectivity index (χ2n) is 10.4. The van der Waals surface area contributed by atoms with Crippen molar-refractivity contribution in [1.82, 2.24) is 10.6 Å². The van der Waals surface area contributed by atoms with Crippen LogP contribution in [0.5, 0.6) is 0 Å². The molecule has 3 amide bonds. The van der Waals surface area contributed by atoms with Crippen LogP contribution in [0.2, 0.25) is 0 Å². The van der Waals surface area contributed by atoms with Gasteiger partial charge < -0.3 is 30.2 Å². The van der Waals surface area contributed by atoms with E-state index >= 15 is 0 Å². The molecular formula is C30H39N3O7. The van der Waals surface area contributed by atoms with E-state index in [1.165, 1.54) is 6.92 Å². The van der Waals surface area contributed by atoms with E-state index in [1.807, 2.05) is 30.3 Å². The summed E-state index contributed by atoms with van der Waals surface area (Å²) in [6.45, 7) is 6.37. The highest BCUT2D eigenvalue weighted by molar-refractivity contribution is 5.91. The van der Waals surface area contributed by atoms with Gasteiger partial charge in [-0.3, -0.25) is 14.4 Å². The Morgan fingerprint density at radius 3 is 2.12 bits per heavy atom. The maximum Gasteiger partial charge on any atom is 0.408 e. The zero-order valence-corrected chi connectivity index (χ0v) is 23.6. The van der Waals surface area contributed by atoms with Crippen LogP contribution >= 0.6 is 0 Å². The molecule has 3 N–H and O–H groups in total. The Morgan fingerprint density at radius 1 is 0.850 bits per heavy atom. The standard InChI is InChI=1S/C30H39N3O7/c1-21(34)10-8-9-13-26(35)32-24-16-14-22(15-17-24)18-25(33-29(38)40-30(2,3)4)28(37)31-19-27(36)39-20-23-11-6-5-7-12-23/h5-7,11-12,14-17,25H,8-10,13,18-20H2,1-4H3,(H,31,37)(H,32,35)(H,33,38)/t25-/m0/s1. The number of ether oxygens (including phenoxy) is 2. The first-order valence-corrected chi connectivity index (χ1v) is 13.3. The monoisotopic (exact) mass is 553 g/mol. The lowest BCUT2D eigenvalue weighted by molar-refractivity contribution is -0.145. The minimum atomic E-state index is -1.03. The summed E-state index contributed by atoms with van der Waals surface area (Å²) in [6.07, 6.45) is 1.40. The molecule has 2 aromatic rings. The van der Waals surface area contributed by atoms with Crippen molar-refractivity contribution in [3.63, 3.8) is 0 Å². The molecule has 10 nitrogen and oxygen atoms in total. The lowest BCUT2D eigenvalue weighted by Gasteiger charge is -2.23. The topological polar surface area (TPSA) is 140 Å². The molecule has 40 heavy (non-hydrogen) atoms. The predicted octanol–water partition coefficient (Wildman–Crippen LogP) is 4.07. The molecule has 0 heterocycles. The van der Waals surface area contributed by atoms with E-state index in [1.54, 1.807) is 45.0 Å². The quantitative estimate of drug-likeness (QED) is 0.237. The number of nitrogens with one attached hydrogen (secondary N) is 3. The number of carbonyl (C=O) groups excluding carboxylic acids is 5. The van der Waals surface area contributed by atoms with Crippen LogP contribution in [-0.2, 0) is 41.7 Å². The summed E-state index contributed by atoms with van der Waals surface area (Å²) in [5.41, 5.74) is 1.35. The first-order chi connectivity index (χ1) is 18.9. The molecule has 0 saturated carbocycles. The molecule has 2 aromatic carbocycles. The van der Waals surface area contributed by atoms with E-state index in [9.17, 15) is 24.0 Å². The van der Waals surface area contributed by atoms with Crippen LogP contribution in [0.15, 0.2) is 54.6 Å². The summed E-state index contributed by atoms with van der Waals surface area (Å²) in [7, 11) is 0. The first kappa shape index (κ1) is 32.0. The Bertz CT molecular complexity index is 1140. The molecule has 0 aliphatic heterocycles. The number of Topliss-reactive ketones (excluding diaryl/α,β-unsaturated/α-hetero) is 1. The number of hydrogen-bond acceptors (Lipinski definition) is 7. The maximum atomic E-state index is 12.9. The van der Waals surface area contributed by atoms with E-state index < -0.39 is 29.6 Å². The second-order valence-corrected chi connectivity index (χ2v) is 10.4. The molecule has 0 aromatic heterocycles. The van der Waals surface area contributed by atoms with Crippen LogP contribution in [0.4, 0.5) is 10.5 Å². The number of anilines is 1. The van der Waals surface area contributed by atoms with E-state index in [0.29, 0.717) is 36.9 Å². The molecule has 0 bridgehead atoms. The highest BCUT2D eigenvalue weighted by atomic mass is 16.6. The number of carbonyl (C=O) groups is 5. The molecule has 1 atom stereocenters. The number of ketones is 1. The van der Waals surface area contributed by atoms with Gasteiger partial charge >= 0.3 is 12.1 Å². The maximum absolute atomic E-state index is 12.9. The third kappa shape index (κ3) is 13.5. The summed E-state index contributed by atoms with van der Waals surface area (Å²) in [5, 5.41) is 7.89. The zero-order valence-electron chi connectivity index (χ0n) is 23.6. The molecule has 216 valence electrons. The fourth-order valence-electron chi connectivity index (χ4n) is 3.57. The third-order valence-electron chi connectivity index (χ3n) is 5.52. The Kier molecular flexibility index (Phi) is 12.8. The lowest BCUT2D eigenvalue weighted by Crippen LogP contribution is -2.50. The average Bonchev–Trinajstić information content (AvgIpc) is 2.88. The van der Waals surface area contributed by atoms with Gasteiger partial charge in [0.2, 0.25) is 11.8 Å². The van der Waals surface area contributed by atoms with E-state index in [4.69, 9.17) is 9.47 Å². The average molecular weight is 554 g/mol. The Morgan fingerprint density at radius 2 is 1.50 bits per heavy atom. The van der Waals surface area contributed by atoms with Gasteiger partial charge in [0.1, 0.15) is 30.6 Å². The van der Waals surface area contributed by atoms with Gasteiger partial charge in [-0.25, -0.2) is 4.79 Å². The number of rotatable bonds is 14. The van der Waals surface area contributed by atoms with Gasteiger partial charge in [0.15, 0.2) is 0 Å². The second kappa shape index (κ2) is 16.0. The fraction of sp³-hybridized carbons (Fsp3) is 0.433. The highest BCUT2D eigenvalue weighted by Gasteiger charge is 2.25. The number of esters is 1. The number of benzene rings is 2. The minimum Gasteiger partial charge on any atom is -0.460 e. The van der Waals surface area contributed by atoms with Gasteiger partial charge in [0.05, 0.1) is 0 Å². The van der Waals surface area contributed by atoms with Crippen molar-refractivity contribution < 1.29 is 33.4 Å². The van der Waals surface area contributed by atoms with Gasteiger partial charge in [-0.2, -0.15) is 0 Å². The predicted molar refractivity (Wildman–Crippen MR) is 150 cm³/mol. The number of alkyl carbamates (subject to hydrolysis) is 1.